The Kier molecular flexibility index (Phi) is 10.5. The molecule has 0 bridgehead atoms. The lowest BCUT2D eigenvalue weighted by atomic mass is 9.96. The minimum absolute atomic E-state index is 0.0357. The summed E-state index contributed by atoms with van der Waals surface area (Å²) >= 11 is 0. The first-order chi connectivity index (χ1) is 17.4. The van der Waals surface area contributed by atoms with Crippen molar-refractivity contribution in [2.75, 3.05) is 6.54 Å². The molecule has 9 nitrogen and oxygen atoms in total. The molecule has 4 N–H and O–H groups in total. The highest BCUT2D eigenvalue weighted by molar-refractivity contribution is 5.93. The van der Waals surface area contributed by atoms with Crippen molar-refractivity contribution >= 4 is 23.8 Å². The molecular weight excluding hydrogens is 472 g/mol. The Balaban J connectivity index is 2.52. The lowest BCUT2D eigenvalue weighted by molar-refractivity contribution is -0.143. The number of benzene rings is 1. The molecule has 37 heavy (non-hydrogen) atoms. The summed E-state index contributed by atoms with van der Waals surface area (Å²) in [5.74, 6) is 1.31. The van der Waals surface area contributed by atoms with Crippen molar-refractivity contribution in [2.24, 2.45) is 11.7 Å². The standard InChI is InChI=1S/C28H40N4O5/c1-7-9-16-30-25(34)24(20-13-11-10-12-19(20)8-2)32(22-17-18(22)3)26(35)21(14-15-23(29)33)31-27(36)37-28(4,5)6/h2,10-13,18,21-22,24H,7,9,14-17H2,1,3-6H3,(H2,29,33)(H,30,34)(H,31,36). The average molecular weight is 513 g/mol. The maximum absolute atomic E-state index is 14.1. The highest BCUT2D eigenvalue weighted by Crippen LogP contribution is 2.41. The Morgan fingerprint density at radius 3 is 2.43 bits per heavy atom. The SMILES string of the molecule is C#Cc1ccccc1C(C(=O)NCCCC)N(C(=O)C(CCC(N)=O)NC(=O)OC(C)(C)C)C1CC1C. The molecule has 202 valence electrons. The first-order valence-electron chi connectivity index (χ1n) is 12.8. The van der Waals surface area contributed by atoms with Crippen LogP contribution in [0, 0.1) is 18.3 Å². The highest BCUT2D eigenvalue weighted by atomic mass is 16.6. The second-order valence-corrected chi connectivity index (χ2v) is 10.5. The molecular formula is C28H40N4O5. The van der Waals surface area contributed by atoms with Gasteiger partial charge in [0.05, 0.1) is 0 Å². The maximum atomic E-state index is 14.1. The molecule has 0 aromatic heterocycles. The van der Waals surface area contributed by atoms with Gasteiger partial charge in [0, 0.05) is 24.6 Å². The van der Waals surface area contributed by atoms with Crippen molar-refractivity contribution in [3.63, 3.8) is 0 Å². The highest BCUT2D eigenvalue weighted by Gasteiger charge is 2.48. The number of nitrogens with two attached hydrogens (primary N) is 1. The number of ether oxygens (including phenoxy) is 1. The third-order valence-corrected chi connectivity index (χ3v) is 6.11. The topological polar surface area (TPSA) is 131 Å². The van der Waals surface area contributed by atoms with E-state index in [1.54, 1.807) is 45.0 Å². The number of hydrogen-bond acceptors (Lipinski definition) is 5. The molecule has 1 aromatic rings. The van der Waals surface area contributed by atoms with Crippen molar-refractivity contribution < 1.29 is 23.9 Å². The molecule has 1 aromatic carbocycles. The van der Waals surface area contributed by atoms with Gasteiger partial charge in [-0.1, -0.05) is 44.4 Å². The molecule has 4 unspecified atom stereocenters. The van der Waals surface area contributed by atoms with Crippen molar-refractivity contribution in [2.45, 2.75) is 90.4 Å². The van der Waals surface area contributed by atoms with Gasteiger partial charge >= 0.3 is 6.09 Å². The molecule has 1 fully saturated rings. The van der Waals surface area contributed by atoms with Gasteiger partial charge in [0.1, 0.15) is 17.7 Å². The molecule has 4 amide bonds. The maximum Gasteiger partial charge on any atom is 0.408 e. The summed E-state index contributed by atoms with van der Waals surface area (Å²) in [6.07, 6.45) is 7.16. The van der Waals surface area contributed by atoms with Crippen LogP contribution in [0.15, 0.2) is 24.3 Å². The first-order valence-corrected chi connectivity index (χ1v) is 12.8. The van der Waals surface area contributed by atoms with Gasteiger partial charge in [-0.2, -0.15) is 0 Å². The molecule has 1 aliphatic rings. The first kappa shape index (κ1) is 29.7. The minimum atomic E-state index is -1.13. The Bertz CT molecular complexity index is 1030. The number of carbonyl (C=O) groups excluding carboxylic acids is 4. The molecule has 0 aliphatic heterocycles. The van der Waals surface area contributed by atoms with Crippen LogP contribution in [0.25, 0.3) is 0 Å². The van der Waals surface area contributed by atoms with Gasteiger partial charge in [-0.15, -0.1) is 6.42 Å². The fraction of sp³-hybridized carbons (Fsp3) is 0.571. The molecule has 0 radical (unpaired) electrons. The van der Waals surface area contributed by atoms with Crippen LogP contribution in [0.3, 0.4) is 0 Å². The monoisotopic (exact) mass is 512 g/mol. The van der Waals surface area contributed by atoms with Crippen LogP contribution in [0.4, 0.5) is 4.79 Å². The summed E-state index contributed by atoms with van der Waals surface area (Å²) in [5.41, 5.74) is 5.59. The van der Waals surface area contributed by atoms with E-state index in [1.807, 2.05) is 13.8 Å². The lowest BCUT2D eigenvalue weighted by Gasteiger charge is -2.35. The molecule has 0 saturated heterocycles. The van der Waals surface area contributed by atoms with E-state index in [2.05, 4.69) is 16.6 Å². The summed E-state index contributed by atoms with van der Waals surface area (Å²) in [6, 6.07) is 4.64. The van der Waals surface area contributed by atoms with E-state index in [4.69, 9.17) is 16.9 Å². The molecule has 4 atom stereocenters. The van der Waals surface area contributed by atoms with E-state index in [0.717, 1.165) is 12.8 Å². The summed E-state index contributed by atoms with van der Waals surface area (Å²) in [6.45, 7) is 9.58. The van der Waals surface area contributed by atoms with Crippen LogP contribution < -0.4 is 16.4 Å². The lowest BCUT2D eigenvalue weighted by Crippen LogP contribution is -2.54. The summed E-state index contributed by atoms with van der Waals surface area (Å²) in [4.78, 5) is 53.4. The fourth-order valence-electron chi connectivity index (χ4n) is 4.12. The molecule has 2 rings (SSSR count). The van der Waals surface area contributed by atoms with Crippen LogP contribution in [0.2, 0.25) is 0 Å². The number of amides is 4. The quantitative estimate of drug-likeness (QED) is 0.293. The third-order valence-electron chi connectivity index (χ3n) is 6.11. The third kappa shape index (κ3) is 8.81. The van der Waals surface area contributed by atoms with Crippen LogP contribution >= 0.6 is 0 Å². The van der Waals surface area contributed by atoms with Crippen LogP contribution in [0.1, 0.15) is 83.9 Å². The van der Waals surface area contributed by atoms with Gasteiger partial charge < -0.3 is 26.0 Å². The van der Waals surface area contributed by atoms with E-state index in [0.29, 0.717) is 24.1 Å². The summed E-state index contributed by atoms with van der Waals surface area (Å²) < 4.78 is 5.35. The number of unbranched alkanes of at least 4 members (excludes halogenated alkanes) is 1. The fourth-order valence-corrected chi connectivity index (χ4v) is 4.12. The van der Waals surface area contributed by atoms with E-state index < -0.39 is 35.6 Å². The number of nitrogens with zero attached hydrogens (tertiary/aromatic N) is 1. The van der Waals surface area contributed by atoms with Gasteiger partial charge in [-0.05, 0) is 57.6 Å². The van der Waals surface area contributed by atoms with Crippen molar-refractivity contribution in [1.82, 2.24) is 15.5 Å². The number of primary amides is 1. The molecule has 1 saturated carbocycles. The number of terminal acetylenes is 1. The average Bonchev–Trinajstić information content (AvgIpc) is 3.54. The number of rotatable bonds is 12. The number of carbonyl (C=O) groups is 4. The molecule has 9 heteroatoms. The Morgan fingerprint density at radius 1 is 1.24 bits per heavy atom. The van der Waals surface area contributed by atoms with Gasteiger partial charge in [-0.3, -0.25) is 14.4 Å². The molecule has 1 aliphatic carbocycles. The van der Waals surface area contributed by atoms with Gasteiger partial charge in [0.15, 0.2) is 0 Å². The predicted molar refractivity (Wildman–Crippen MR) is 141 cm³/mol. The molecule has 0 spiro atoms. The summed E-state index contributed by atoms with van der Waals surface area (Å²) in [5, 5.41) is 5.54. The number of alkyl carbamates (subject to hydrolysis) is 1. The second-order valence-electron chi connectivity index (χ2n) is 10.5. The Hall–Kier alpha value is -3.54. The smallest absolute Gasteiger partial charge is 0.408 e. The Morgan fingerprint density at radius 2 is 1.89 bits per heavy atom. The van der Waals surface area contributed by atoms with Crippen molar-refractivity contribution in [3.05, 3.63) is 35.4 Å². The van der Waals surface area contributed by atoms with Crippen molar-refractivity contribution in [1.29, 1.82) is 0 Å². The zero-order valence-electron chi connectivity index (χ0n) is 22.5. The van der Waals surface area contributed by atoms with Crippen molar-refractivity contribution in [3.8, 4) is 12.3 Å². The van der Waals surface area contributed by atoms with Gasteiger partial charge in [0.25, 0.3) is 0 Å². The van der Waals surface area contributed by atoms with Crippen LogP contribution in [-0.2, 0) is 19.1 Å². The van der Waals surface area contributed by atoms with E-state index in [-0.39, 0.29) is 30.7 Å². The van der Waals surface area contributed by atoms with Gasteiger partial charge in [0.2, 0.25) is 17.7 Å². The zero-order valence-corrected chi connectivity index (χ0v) is 22.5. The van der Waals surface area contributed by atoms with Crippen LogP contribution in [-0.4, -0.2) is 52.9 Å². The van der Waals surface area contributed by atoms with Crippen LogP contribution in [0.5, 0.6) is 0 Å². The second kappa shape index (κ2) is 13.1. The number of hydrogen-bond donors (Lipinski definition) is 3. The summed E-state index contributed by atoms with van der Waals surface area (Å²) in [7, 11) is 0. The normalized spacial score (nSPS) is 18.1. The largest absolute Gasteiger partial charge is 0.444 e. The van der Waals surface area contributed by atoms with E-state index in [9.17, 15) is 19.2 Å². The van der Waals surface area contributed by atoms with E-state index in [1.165, 1.54) is 4.90 Å². The Labute approximate surface area is 219 Å². The number of nitrogens with one attached hydrogen (secondary N) is 2. The minimum Gasteiger partial charge on any atom is -0.444 e. The zero-order chi connectivity index (χ0) is 27.8. The molecule has 0 heterocycles. The van der Waals surface area contributed by atoms with E-state index >= 15 is 0 Å². The van der Waals surface area contributed by atoms with Gasteiger partial charge in [-0.25, -0.2) is 4.79 Å². The predicted octanol–water partition coefficient (Wildman–Crippen LogP) is 3.02.